The molecule has 4 rings (SSSR count). The van der Waals surface area contributed by atoms with Crippen molar-refractivity contribution in [3.05, 3.63) is 35.4 Å². The molecule has 1 aromatic heterocycles. The van der Waals surface area contributed by atoms with Crippen molar-refractivity contribution in [2.45, 2.75) is 19.4 Å². The Morgan fingerprint density at radius 1 is 1.08 bits per heavy atom. The number of aldehydes is 1. The van der Waals surface area contributed by atoms with Crippen LogP contribution >= 0.6 is 0 Å². The Balaban J connectivity index is 2.10. The number of carbonyl (C=O) groups excluding carboxylic acids is 1. The van der Waals surface area contributed by atoms with Gasteiger partial charge >= 0.3 is 0 Å². The third-order valence-electron chi connectivity index (χ3n) is 4.56. The Morgan fingerprint density at radius 2 is 1.80 bits per heavy atom. The highest BCUT2D eigenvalue weighted by Gasteiger charge is 2.27. The largest absolute Gasteiger partial charge is 0.493 e. The first-order chi connectivity index (χ1) is 12.0. The average molecular weight is 337 g/mol. The summed E-state index contributed by atoms with van der Waals surface area (Å²) in [7, 11) is 3.22. The van der Waals surface area contributed by atoms with Crippen LogP contribution in [0.3, 0.4) is 0 Å². The fraction of sp³-hybridized carbons (Fsp3) is 0.250. The Morgan fingerprint density at radius 3 is 2.48 bits per heavy atom. The van der Waals surface area contributed by atoms with Crippen molar-refractivity contribution in [1.29, 1.82) is 0 Å². The lowest BCUT2D eigenvalue weighted by Crippen LogP contribution is -2.28. The van der Waals surface area contributed by atoms with E-state index in [-0.39, 0.29) is 0 Å². The molecule has 0 aliphatic carbocycles. The highest BCUT2D eigenvalue weighted by Crippen LogP contribution is 2.42. The van der Waals surface area contributed by atoms with Crippen LogP contribution in [0.1, 0.15) is 29.8 Å². The van der Waals surface area contributed by atoms with Gasteiger partial charge in [-0.25, -0.2) is 0 Å². The number of aromatic nitrogens is 1. The molecule has 1 N–H and O–H groups in total. The molecule has 0 saturated heterocycles. The van der Waals surface area contributed by atoms with Crippen LogP contribution in [0, 0.1) is 0 Å². The summed E-state index contributed by atoms with van der Waals surface area (Å²) in [6.07, 6.45) is 4.85. The van der Waals surface area contributed by atoms with E-state index < -0.39 is 5.60 Å². The molecule has 5 heteroatoms. The summed E-state index contributed by atoms with van der Waals surface area (Å²) >= 11 is 0. The zero-order chi connectivity index (χ0) is 17.8. The maximum atomic E-state index is 11.7. The van der Waals surface area contributed by atoms with Crippen LogP contribution in [0.25, 0.3) is 27.9 Å². The third kappa shape index (κ3) is 2.27. The number of methoxy groups -OCH3 is 2. The number of H-pyrrole nitrogens is 1. The molecule has 0 bridgehead atoms. The number of carbonyl (C=O) groups is 1. The van der Waals surface area contributed by atoms with Crippen LogP contribution < -0.4 is 14.2 Å². The van der Waals surface area contributed by atoms with Crippen molar-refractivity contribution >= 4 is 34.2 Å². The molecule has 25 heavy (non-hydrogen) atoms. The van der Waals surface area contributed by atoms with E-state index in [1.54, 1.807) is 14.2 Å². The third-order valence-corrected chi connectivity index (χ3v) is 4.56. The van der Waals surface area contributed by atoms with Gasteiger partial charge < -0.3 is 19.2 Å². The minimum Gasteiger partial charge on any atom is -0.493 e. The summed E-state index contributed by atoms with van der Waals surface area (Å²) in [5, 5.41) is 1.92. The van der Waals surface area contributed by atoms with Crippen molar-refractivity contribution in [3.63, 3.8) is 0 Å². The topological polar surface area (TPSA) is 60.6 Å². The molecule has 0 atom stereocenters. The molecule has 2 aromatic carbocycles. The first-order valence-electron chi connectivity index (χ1n) is 8.05. The molecule has 2 heterocycles. The highest BCUT2D eigenvalue weighted by atomic mass is 16.5. The summed E-state index contributed by atoms with van der Waals surface area (Å²) in [6, 6.07) is 5.69. The van der Waals surface area contributed by atoms with Gasteiger partial charge in [-0.1, -0.05) is 0 Å². The average Bonchev–Trinajstić information content (AvgIpc) is 2.95. The van der Waals surface area contributed by atoms with Crippen molar-refractivity contribution in [2.24, 2.45) is 0 Å². The fourth-order valence-electron chi connectivity index (χ4n) is 3.34. The lowest BCUT2D eigenvalue weighted by Gasteiger charge is -2.29. The van der Waals surface area contributed by atoms with Gasteiger partial charge in [0.2, 0.25) is 0 Å². The number of benzene rings is 2. The molecule has 3 aromatic rings. The fourth-order valence-corrected chi connectivity index (χ4v) is 3.34. The second-order valence-corrected chi connectivity index (χ2v) is 6.67. The van der Waals surface area contributed by atoms with Crippen LogP contribution in [0.5, 0.6) is 17.2 Å². The standard InChI is InChI=1S/C20H19NO4/c1-20(2)6-5-12-18-14(7-11(10-22)19(12)25-20)13-8-16(23-3)17(24-4)9-15(13)21-18/h5-10,21H,1-4H3. The molecule has 0 radical (unpaired) electrons. The lowest BCUT2D eigenvalue weighted by molar-refractivity contribution is 0.110. The summed E-state index contributed by atoms with van der Waals surface area (Å²) in [6.45, 7) is 3.93. The second-order valence-electron chi connectivity index (χ2n) is 6.67. The predicted molar refractivity (Wildman–Crippen MR) is 98.0 cm³/mol. The van der Waals surface area contributed by atoms with Gasteiger partial charge in [0.15, 0.2) is 17.8 Å². The molecular weight excluding hydrogens is 318 g/mol. The lowest BCUT2D eigenvalue weighted by atomic mass is 9.97. The maximum absolute atomic E-state index is 11.7. The van der Waals surface area contributed by atoms with Gasteiger partial charge in [-0.3, -0.25) is 4.79 Å². The van der Waals surface area contributed by atoms with Gasteiger partial charge in [0.1, 0.15) is 11.4 Å². The van der Waals surface area contributed by atoms with Crippen molar-refractivity contribution in [3.8, 4) is 17.2 Å². The van der Waals surface area contributed by atoms with E-state index in [4.69, 9.17) is 14.2 Å². The van der Waals surface area contributed by atoms with E-state index in [2.05, 4.69) is 4.98 Å². The number of fused-ring (bicyclic) bond motifs is 5. The molecule has 0 unspecified atom stereocenters. The molecule has 128 valence electrons. The first kappa shape index (κ1) is 15.6. The Labute approximate surface area is 145 Å². The Bertz CT molecular complexity index is 1040. The molecule has 0 amide bonds. The van der Waals surface area contributed by atoms with Crippen LogP contribution in [0.2, 0.25) is 0 Å². The predicted octanol–water partition coefficient (Wildman–Crippen LogP) is 4.34. The highest BCUT2D eigenvalue weighted by molar-refractivity contribution is 6.13. The van der Waals surface area contributed by atoms with Gasteiger partial charge in [-0.15, -0.1) is 0 Å². The molecule has 0 saturated carbocycles. The van der Waals surface area contributed by atoms with Crippen LogP contribution in [-0.4, -0.2) is 31.1 Å². The van der Waals surface area contributed by atoms with E-state index >= 15 is 0 Å². The smallest absolute Gasteiger partial charge is 0.162 e. The summed E-state index contributed by atoms with van der Waals surface area (Å²) in [4.78, 5) is 15.1. The second kappa shape index (κ2) is 5.28. The zero-order valence-electron chi connectivity index (χ0n) is 14.6. The molecule has 0 spiro atoms. The number of rotatable bonds is 3. The van der Waals surface area contributed by atoms with E-state index in [0.29, 0.717) is 22.8 Å². The van der Waals surface area contributed by atoms with Crippen molar-refractivity contribution < 1.29 is 19.0 Å². The summed E-state index contributed by atoms with van der Waals surface area (Å²) < 4.78 is 16.8. The number of nitrogens with one attached hydrogen (secondary N) is 1. The minimum absolute atomic E-state index is 0.448. The van der Waals surface area contributed by atoms with Gasteiger partial charge in [0.25, 0.3) is 0 Å². The SMILES string of the molecule is COc1cc2[nH]c3c4c(c(C=O)cc3c2cc1OC)OC(C)(C)C=C4. The normalized spacial score (nSPS) is 15.0. The quantitative estimate of drug-likeness (QED) is 0.723. The van der Waals surface area contributed by atoms with Crippen LogP contribution in [0.15, 0.2) is 24.3 Å². The van der Waals surface area contributed by atoms with Gasteiger partial charge in [-0.05, 0) is 38.1 Å². The van der Waals surface area contributed by atoms with Crippen LogP contribution in [-0.2, 0) is 0 Å². The van der Waals surface area contributed by atoms with Crippen molar-refractivity contribution in [1.82, 2.24) is 4.98 Å². The number of hydrogen-bond donors (Lipinski definition) is 1. The Kier molecular flexibility index (Phi) is 3.29. The van der Waals surface area contributed by atoms with E-state index in [1.165, 1.54) is 0 Å². The molecule has 0 fully saturated rings. The van der Waals surface area contributed by atoms with E-state index in [0.717, 1.165) is 33.7 Å². The molecule has 5 nitrogen and oxygen atoms in total. The van der Waals surface area contributed by atoms with Gasteiger partial charge in [0.05, 0.1) is 30.8 Å². The van der Waals surface area contributed by atoms with E-state index in [9.17, 15) is 4.79 Å². The molecular formula is C20H19NO4. The maximum Gasteiger partial charge on any atom is 0.162 e. The van der Waals surface area contributed by atoms with Gasteiger partial charge in [0, 0.05) is 22.4 Å². The monoisotopic (exact) mass is 337 g/mol. The summed E-state index contributed by atoms with van der Waals surface area (Å²) in [5.41, 5.74) is 2.81. The Hall–Kier alpha value is -2.95. The van der Waals surface area contributed by atoms with E-state index in [1.807, 2.05) is 44.2 Å². The molecule has 1 aliphatic heterocycles. The summed E-state index contributed by atoms with van der Waals surface area (Å²) in [5.74, 6) is 1.91. The van der Waals surface area contributed by atoms with Gasteiger partial charge in [-0.2, -0.15) is 0 Å². The zero-order valence-corrected chi connectivity index (χ0v) is 14.6. The van der Waals surface area contributed by atoms with Crippen LogP contribution in [0.4, 0.5) is 0 Å². The number of hydrogen-bond acceptors (Lipinski definition) is 4. The van der Waals surface area contributed by atoms with Crippen molar-refractivity contribution in [2.75, 3.05) is 14.2 Å². The molecule has 1 aliphatic rings. The first-order valence-corrected chi connectivity index (χ1v) is 8.05. The number of ether oxygens (including phenoxy) is 3. The minimum atomic E-state index is -0.448. The number of aromatic amines is 1.